The predicted molar refractivity (Wildman–Crippen MR) is 130 cm³/mol. The van der Waals surface area contributed by atoms with Gasteiger partial charge >= 0.3 is 5.69 Å². The first kappa shape index (κ1) is 24.0. The number of nitrogens with zero attached hydrogens (tertiary/aromatic N) is 6. The van der Waals surface area contributed by atoms with Crippen LogP contribution in [-0.4, -0.2) is 50.8 Å². The fourth-order valence-electron chi connectivity index (χ4n) is 3.46. The standard InChI is InChI=1S/C23H21ClFN7O3/c1-30(2)12-15-13-31(29-21(15)14-7-5-4-6-8-14)22-16(24)11-26-23(28-22)27-18-10-19(32(33)34)17(25)9-20(18)35-3/h4-11,13H,12H2,1-3H3,(H,26,27,28). The predicted octanol–water partition coefficient (Wildman–Crippen LogP) is 4.84. The minimum atomic E-state index is -1.02. The maximum absolute atomic E-state index is 14.0. The third-order valence-electron chi connectivity index (χ3n) is 4.98. The average molecular weight is 498 g/mol. The summed E-state index contributed by atoms with van der Waals surface area (Å²) in [6.07, 6.45) is 3.22. The molecule has 10 nitrogen and oxygen atoms in total. The van der Waals surface area contributed by atoms with E-state index in [0.29, 0.717) is 12.4 Å². The van der Waals surface area contributed by atoms with Crippen LogP contribution in [0.2, 0.25) is 5.02 Å². The molecule has 2 aromatic carbocycles. The molecule has 0 saturated heterocycles. The molecule has 0 unspecified atom stereocenters. The van der Waals surface area contributed by atoms with Gasteiger partial charge in [-0.3, -0.25) is 10.1 Å². The highest BCUT2D eigenvalue weighted by Gasteiger charge is 2.21. The normalized spacial score (nSPS) is 11.0. The Hall–Kier alpha value is -4.09. The van der Waals surface area contributed by atoms with E-state index >= 15 is 0 Å². The Labute approximate surface area is 205 Å². The molecule has 0 amide bonds. The number of nitro groups is 1. The maximum atomic E-state index is 14.0. The topological polar surface area (TPSA) is 111 Å². The summed E-state index contributed by atoms with van der Waals surface area (Å²) in [5.74, 6) is -0.614. The van der Waals surface area contributed by atoms with E-state index in [1.165, 1.54) is 13.3 Å². The van der Waals surface area contributed by atoms with Crippen molar-refractivity contribution in [2.24, 2.45) is 0 Å². The Morgan fingerprint density at radius 2 is 2.00 bits per heavy atom. The second-order valence-electron chi connectivity index (χ2n) is 7.80. The molecule has 0 aliphatic heterocycles. The molecule has 0 aliphatic carbocycles. The van der Waals surface area contributed by atoms with Crippen LogP contribution in [0.15, 0.2) is 54.9 Å². The SMILES string of the molecule is COc1cc(F)c([N+](=O)[O-])cc1Nc1ncc(Cl)c(-n2cc(CN(C)C)c(-c3ccccc3)n2)n1. The summed E-state index contributed by atoms with van der Waals surface area (Å²) in [5, 5.41) is 19.0. The van der Waals surface area contributed by atoms with Gasteiger partial charge in [0.1, 0.15) is 10.8 Å². The molecule has 2 heterocycles. The Morgan fingerprint density at radius 1 is 1.26 bits per heavy atom. The zero-order chi connectivity index (χ0) is 25.1. The lowest BCUT2D eigenvalue weighted by Crippen LogP contribution is -2.10. The number of nitrogens with one attached hydrogen (secondary N) is 1. The van der Waals surface area contributed by atoms with Crippen LogP contribution < -0.4 is 10.1 Å². The lowest BCUT2D eigenvalue weighted by atomic mass is 10.1. The molecular weight excluding hydrogens is 477 g/mol. The summed E-state index contributed by atoms with van der Waals surface area (Å²) in [7, 11) is 5.24. The van der Waals surface area contributed by atoms with E-state index in [4.69, 9.17) is 21.4 Å². The van der Waals surface area contributed by atoms with Gasteiger partial charge in [0.2, 0.25) is 11.8 Å². The highest BCUT2D eigenvalue weighted by atomic mass is 35.5. The van der Waals surface area contributed by atoms with Crippen molar-refractivity contribution in [2.75, 3.05) is 26.5 Å². The first-order valence-corrected chi connectivity index (χ1v) is 10.7. The van der Waals surface area contributed by atoms with Crippen molar-refractivity contribution in [3.8, 4) is 22.8 Å². The monoisotopic (exact) mass is 497 g/mol. The van der Waals surface area contributed by atoms with Gasteiger partial charge in [-0.1, -0.05) is 41.9 Å². The van der Waals surface area contributed by atoms with Gasteiger partial charge in [-0.25, -0.2) is 9.67 Å². The number of hydrogen-bond donors (Lipinski definition) is 1. The Kier molecular flexibility index (Phi) is 6.90. The maximum Gasteiger partial charge on any atom is 0.307 e. The van der Waals surface area contributed by atoms with E-state index in [2.05, 4.69) is 15.3 Å². The highest BCUT2D eigenvalue weighted by Crippen LogP contribution is 2.34. The van der Waals surface area contributed by atoms with Crippen molar-refractivity contribution in [1.82, 2.24) is 24.6 Å². The van der Waals surface area contributed by atoms with Crippen molar-refractivity contribution in [3.63, 3.8) is 0 Å². The van der Waals surface area contributed by atoms with Crippen LogP contribution in [-0.2, 0) is 6.54 Å². The zero-order valence-electron chi connectivity index (χ0n) is 19.1. The Morgan fingerprint density at radius 3 is 2.66 bits per heavy atom. The number of methoxy groups -OCH3 is 1. The average Bonchev–Trinajstić information content (AvgIpc) is 3.24. The van der Waals surface area contributed by atoms with E-state index in [0.717, 1.165) is 29.0 Å². The van der Waals surface area contributed by atoms with Crippen molar-refractivity contribution < 1.29 is 14.1 Å². The van der Waals surface area contributed by atoms with Gasteiger partial charge in [0, 0.05) is 36.0 Å². The van der Waals surface area contributed by atoms with Crippen LogP contribution in [0.4, 0.5) is 21.7 Å². The van der Waals surface area contributed by atoms with Crippen LogP contribution in [0.5, 0.6) is 5.75 Å². The van der Waals surface area contributed by atoms with Gasteiger partial charge in [0.15, 0.2) is 5.82 Å². The number of benzene rings is 2. The molecule has 0 atom stereocenters. The molecule has 4 rings (SSSR count). The van der Waals surface area contributed by atoms with Crippen LogP contribution in [0.3, 0.4) is 0 Å². The fourth-order valence-corrected chi connectivity index (χ4v) is 3.64. The molecule has 0 fully saturated rings. The highest BCUT2D eigenvalue weighted by molar-refractivity contribution is 6.32. The van der Waals surface area contributed by atoms with Crippen molar-refractivity contribution in [2.45, 2.75) is 6.54 Å². The van der Waals surface area contributed by atoms with Crippen LogP contribution in [0.25, 0.3) is 17.1 Å². The van der Waals surface area contributed by atoms with Gasteiger partial charge in [-0.2, -0.15) is 14.5 Å². The molecule has 0 saturated carbocycles. The number of anilines is 2. The van der Waals surface area contributed by atoms with E-state index in [1.54, 1.807) is 4.68 Å². The second kappa shape index (κ2) is 10.0. The summed E-state index contributed by atoms with van der Waals surface area (Å²) >= 11 is 6.41. The summed E-state index contributed by atoms with van der Waals surface area (Å²) in [6.45, 7) is 0.633. The van der Waals surface area contributed by atoms with Gasteiger partial charge in [0.05, 0.1) is 29.6 Å². The largest absolute Gasteiger partial charge is 0.494 e. The number of halogens is 2. The number of rotatable bonds is 8. The number of aromatic nitrogens is 4. The molecule has 12 heteroatoms. The van der Waals surface area contributed by atoms with E-state index in [9.17, 15) is 14.5 Å². The first-order valence-electron chi connectivity index (χ1n) is 10.4. The van der Waals surface area contributed by atoms with Crippen molar-refractivity contribution >= 4 is 28.9 Å². The van der Waals surface area contributed by atoms with Crippen molar-refractivity contribution in [1.29, 1.82) is 0 Å². The second-order valence-corrected chi connectivity index (χ2v) is 8.21. The zero-order valence-corrected chi connectivity index (χ0v) is 19.8. The lowest BCUT2D eigenvalue weighted by Gasteiger charge is -2.11. The Bertz CT molecular complexity index is 1380. The smallest absolute Gasteiger partial charge is 0.307 e. The van der Waals surface area contributed by atoms with E-state index in [-0.39, 0.29) is 22.4 Å². The molecule has 0 spiro atoms. The number of hydrogen-bond acceptors (Lipinski definition) is 8. The molecule has 4 aromatic rings. The van der Waals surface area contributed by atoms with Crippen LogP contribution in [0.1, 0.15) is 5.56 Å². The van der Waals surface area contributed by atoms with Crippen LogP contribution in [0, 0.1) is 15.9 Å². The lowest BCUT2D eigenvalue weighted by molar-refractivity contribution is -0.387. The first-order chi connectivity index (χ1) is 16.8. The van der Waals surface area contributed by atoms with Crippen molar-refractivity contribution in [3.05, 3.63) is 81.4 Å². The third-order valence-corrected chi connectivity index (χ3v) is 5.25. The summed E-state index contributed by atoms with van der Waals surface area (Å²) < 4.78 is 20.7. The third kappa shape index (κ3) is 5.20. The van der Waals surface area contributed by atoms with Gasteiger partial charge in [-0.15, -0.1) is 0 Å². The van der Waals surface area contributed by atoms with Gasteiger partial charge in [0.25, 0.3) is 0 Å². The molecule has 2 aromatic heterocycles. The molecule has 35 heavy (non-hydrogen) atoms. The fraction of sp³-hybridized carbons (Fsp3) is 0.174. The minimum absolute atomic E-state index is 0.0481. The molecular formula is C23H21ClFN7O3. The quantitative estimate of drug-likeness (QED) is 0.272. The molecule has 0 bridgehead atoms. The Balaban J connectivity index is 1.75. The van der Waals surface area contributed by atoms with Gasteiger partial charge in [-0.05, 0) is 14.1 Å². The molecule has 0 radical (unpaired) electrons. The van der Waals surface area contributed by atoms with E-state index in [1.807, 2.05) is 55.5 Å². The molecule has 1 N–H and O–H groups in total. The minimum Gasteiger partial charge on any atom is -0.494 e. The summed E-state index contributed by atoms with van der Waals surface area (Å²) in [5.41, 5.74) is 2.08. The number of nitro benzene ring substituents is 1. The number of ether oxygens (including phenoxy) is 1. The van der Waals surface area contributed by atoms with Crippen LogP contribution >= 0.6 is 11.6 Å². The molecule has 0 aliphatic rings. The summed E-state index contributed by atoms with van der Waals surface area (Å²) in [4.78, 5) is 21.0. The van der Waals surface area contributed by atoms with E-state index < -0.39 is 16.4 Å². The van der Waals surface area contributed by atoms with Gasteiger partial charge < -0.3 is 15.0 Å². The summed E-state index contributed by atoms with van der Waals surface area (Å²) in [6, 6.07) is 11.7. The molecule has 180 valence electrons.